The van der Waals surface area contributed by atoms with E-state index in [4.69, 9.17) is 10.5 Å². The Hall–Kier alpha value is -1.22. The van der Waals surface area contributed by atoms with Crippen molar-refractivity contribution in [3.8, 4) is 5.75 Å². The van der Waals surface area contributed by atoms with E-state index in [-0.39, 0.29) is 6.04 Å². The van der Waals surface area contributed by atoms with Crippen molar-refractivity contribution >= 4 is 5.69 Å². The number of nitrogens with one attached hydrogen (secondary N) is 1. The van der Waals surface area contributed by atoms with Crippen LogP contribution >= 0.6 is 0 Å². The van der Waals surface area contributed by atoms with E-state index in [0.717, 1.165) is 24.4 Å². The average Bonchev–Trinajstić information content (AvgIpc) is 2.26. The summed E-state index contributed by atoms with van der Waals surface area (Å²) in [5, 5.41) is 3.32. The van der Waals surface area contributed by atoms with Crippen molar-refractivity contribution < 1.29 is 4.74 Å². The van der Waals surface area contributed by atoms with E-state index in [2.05, 4.69) is 19.2 Å². The highest BCUT2D eigenvalue weighted by molar-refractivity contribution is 5.56. The molecule has 1 aromatic rings. The summed E-state index contributed by atoms with van der Waals surface area (Å²) in [6, 6.07) is 8.07. The van der Waals surface area contributed by atoms with Crippen LogP contribution in [0, 0.1) is 5.92 Å². The number of hydrogen-bond donors (Lipinski definition) is 2. The second-order valence-electron chi connectivity index (χ2n) is 4.47. The Kier molecular flexibility index (Phi) is 5.12. The van der Waals surface area contributed by atoms with E-state index in [1.54, 1.807) is 7.11 Å². The molecule has 3 nitrogen and oxygen atoms in total. The smallest absolute Gasteiger partial charge is 0.141 e. The van der Waals surface area contributed by atoms with Crippen LogP contribution in [0.3, 0.4) is 0 Å². The van der Waals surface area contributed by atoms with Crippen LogP contribution in [0.1, 0.15) is 20.3 Å². The van der Waals surface area contributed by atoms with Crippen LogP contribution in [0.15, 0.2) is 24.3 Å². The molecule has 0 heterocycles. The Morgan fingerprint density at radius 3 is 2.62 bits per heavy atom. The van der Waals surface area contributed by atoms with Crippen molar-refractivity contribution in [2.24, 2.45) is 11.7 Å². The lowest BCUT2D eigenvalue weighted by Gasteiger charge is -2.17. The topological polar surface area (TPSA) is 47.3 Å². The van der Waals surface area contributed by atoms with Gasteiger partial charge in [-0.1, -0.05) is 26.0 Å². The minimum atomic E-state index is 0.185. The summed E-state index contributed by atoms with van der Waals surface area (Å²) in [5.41, 5.74) is 7.01. The fraction of sp³-hybridized carbons (Fsp3) is 0.538. The molecule has 0 saturated heterocycles. The second kappa shape index (κ2) is 6.38. The summed E-state index contributed by atoms with van der Waals surface area (Å²) in [5.74, 6) is 1.49. The van der Waals surface area contributed by atoms with E-state index >= 15 is 0 Å². The Morgan fingerprint density at radius 1 is 1.31 bits per heavy atom. The third kappa shape index (κ3) is 4.11. The van der Waals surface area contributed by atoms with Gasteiger partial charge in [0.1, 0.15) is 5.75 Å². The van der Waals surface area contributed by atoms with E-state index < -0.39 is 0 Å². The number of anilines is 1. The highest BCUT2D eigenvalue weighted by Gasteiger charge is 2.06. The molecule has 0 radical (unpaired) electrons. The Morgan fingerprint density at radius 2 is 2.00 bits per heavy atom. The molecule has 3 N–H and O–H groups in total. The van der Waals surface area contributed by atoms with Gasteiger partial charge in [0.25, 0.3) is 0 Å². The summed E-state index contributed by atoms with van der Waals surface area (Å²) >= 11 is 0. The molecule has 1 atom stereocenters. The van der Waals surface area contributed by atoms with Gasteiger partial charge in [-0.05, 0) is 24.5 Å². The van der Waals surface area contributed by atoms with Crippen molar-refractivity contribution in [2.45, 2.75) is 26.3 Å². The zero-order chi connectivity index (χ0) is 12.0. The lowest BCUT2D eigenvalue weighted by atomic mass is 10.0. The summed E-state index contributed by atoms with van der Waals surface area (Å²) in [6.07, 6.45) is 1.03. The fourth-order valence-corrected chi connectivity index (χ4v) is 1.72. The first kappa shape index (κ1) is 12.8. The van der Waals surface area contributed by atoms with Gasteiger partial charge >= 0.3 is 0 Å². The standard InChI is InChI=1S/C13H22N2O/c1-10(2)8-11(14)9-15-12-6-4-5-7-13(12)16-3/h4-7,10-11,15H,8-9,14H2,1-3H3. The number of benzene rings is 1. The van der Waals surface area contributed by atoms with Gasteiger partial charge in [0, 0.05) is 12.6 Å². The molecule has 3 heteroatoms. The SMILES string of the molecule is COc1ccccc1NCC(N)CC(C)C. The molecule has 0 amide bonds. The molecule has 0 aromatic heterocycles. The van der Waals surface area contributed by atoms with Crippen molar-refractivity contribution in [1.82, 2.24) is 0 Å². The third-order valence-corrected chi connectivity index (χ3v) is 2.44. The monoisotopic (exact) mass is 222 g/mol. The van der Waals surface area contributed by atoms with Crippen LogP contribution in [-0.4, -0.2) is 19.7 Å². The number of rotatable bonds is 6. The number of para-hydroxylation sites is 2. The van der Waals surface area contributed by atoms with Crippen LogP contribution in [0.25, 0.3) is 0 Å². The van der Waals surface area contributed by atoms with Crippen molar-refractivity contribution in [3.05, 3.63) is 24.3 Å². The van der Waals surface area contributed by atoms with Gasteiger partial charge in [-0.15, -0.1) is 0 Å². The minimum Gasteiger partial charge on any atom is -0.495 e. The van der Waals surface area contributed by atoms with Gasteiger partial charge in [0.2, 0.25) is 0 Å². The van der Waals surface area contributed by atoms with Crippen molar-refractivity contribution in [2.75, 3.05) is 19.0 Å². The van der Waals surface area contributed by atoms with Crippen LogP contribution in [0.2, 0.25) is 0 Å². The largest absolute Gasteiger partial charge is 0.495 e. The third-order valence-electron chi connectivity index (χ3n) is 2.44. The van der Waals surface area contributed by atoms with Crippen LogP contribution in [0.5, 0.6) is 5.75 Å². The van der Waals surface area contributed by atoms with E-state index in [0.29, 0.717) is 5.92 Å². The summed E-state index contributed by atoms with van der Waals surface area (Å²) in [6.45, 7) is 5.14. The second-order valence-corrected chi connectivity index (χ2v) is 4.47. The van der Waals surface area contributed by atoms with E-state index in [9.17, 15) is 0 Å². The lowest BCUT2D eigenvalue weighted by molar-refractivity contribution is 0.416. The van der Waals surface area contributed by atoms with Gasteiger partial charge < -0.3 is 15.8 Å². The van der Waals surface area contributed by atoms with Gasteiger partial charge in [0.05, 0.1) is 12.8 Å². The molecule has 0 aliphatic heterocycles. The molecule has 0 spiro atoms. The molecule has 1 rings (SSSR count). The minimum absolute atomic E-state index is 0.185. The van der Waals surface area contributed by atoms with Gasteiger partial charge in [-0.25, -0.2) is 0 Å². The summed E-state index contributed by atoms with van der Waals surface area (Å²) in [7, 11) is 1.68. The Labute approximate surface area is 98.0 Å². The predicted octanol–water partition coefficient (Wildman–Crippen LogP) is 2.48. The maximum atomic E-state index is 6.01. The van der Waals surface area contributed by atoms with Crippen LogP contribution in [-0.2, 0) is 0 Å². The number of nitrogens with two attached hydrogens (primary N) is 1. The van der Waals surface area contributed by atoms with E-state index in [1.807, 2.05) is 24.3 Å². The molecular formula is C13H22N2O. The Balaban J connectivity index is 2.47. The highest BCUT2D eigenvalue weighted by Crippen LogP contribution is 2.22. The molecule has 0 fully saturated rings. The molecule has 90 valence electrons. The number of hydrogen-bond acceptors (Lipinski definition) is 3. The predicted molar refractivity (Wildman–Crippen MR) is 68.9 cm³/mol. The zero-order valence-corrected chi connectivity index (χ0v) is 10.4. The molecule has 0 aliphatic rings. The molecule has 0 aliphatic carbocycles. The molecule has 0 bridgehead atoms. The number of ether oxygens (including phenoxy) is 1. The average molecular weight is 222 g/mol. The van der Waals surface area contributed by atoms with Gasteiger partial charge in [0.15, 0.2) is 0 Å². The van der Waals surface area contributed by atoms with E-state index in [1.165, 1.54) is 0 Å². The van der Waals surface area contributed by atoms with Crippen molar-refractivity contribution in [1.29, 1.82) is 0 Å². The molecular weight excluding hydrogens is 200 g/mol. The number of methoxy groups -OCH3 is 1. The van der Waals surface area contributed by atoms with Gasteiger partial charge in [-0.3, -0.25) is 0 Å². The lowest BCUT2D eigenvalue weighted by Crippen LogP contribution is -2.30. The first-order valence-corrected chi connectivity index (χ1v) is 5.76. The molecule has 16 heavy (non-hydrogen) atoms. The maximum absolute atomic E-state index is 6.01. The van der Waals surface area contributed by atoms with Crippen LogP contribution in [0.4, 0.5) is 5.69 Å². The highest BCUT2D eigenvalue weighted by atomic mass is 16.5. The van der Waals surface area contributed by atoms with Gasteiger partial charge in [-0.2, -0.15) is 0 Å². The zero-order valence-electron chi connectivity index (χ0n) is 10.4. The summed E-state index contributed by atoms with van der Waals surface area (Å²) < 4.78 is 5.26. The maximum Gasteiger partial charge on any atom is 0.141 e. The fourth-order valence-electron chi connectivity index (χ4n) is 1.72. The first-order valence-electron chi connectivity index (χ1n) is 5.76. The van der Waals surface area contributed by atoms with Crippen LogP contribution < -0.4 is 15.8 Å². The summed E-state index contributed by atoms with van der Waals surface area (Å²) in [4.78, 5) is 0. The first-order chi connectivity index (χ1) is 7.63. The normalized spacial score (nSPS) is 12.6. The quantitative estimate of drug-likeness (QED) is 0.777. The Bertz CT molecular complexity index is 313. The molecule has 0 saturated carbocycles. The van der Waals surface area contributed by atoms with Crippen molar-refractivity contribution in [3.63, 3.8) is 0 Å². The molecule has 1 aromatic carbocycles. The molecule has 1 unspecified atom stereocenters.